The topological polar surface area (TPSA) is 80.7 Å². The first-order valence-corrected chi connectivity index (χ1v) is 6.55. The molecule has 3 aromatic rings. The molecule has 0 atom stereocenters. The number of oxazole rings is 1. The molecular formula is C14H13FN4O. The lowest BCUT2D eigenvalue weighted by Crippen LogP contribution is -2.44. The smallest absolute Gasteiger partial charge is 0.245 e. The van der Waals surface area contributed by atoms with E-state index in [0.29, 0.717) is 22.7 Å². The summed E-state index contributed by atoms with van der Waals surface area (Å²) in [6, 6.07) is 4.25. The van der Waals surface area contributed by atoms with Gasteiger partial charge in [0.25, 0.3) is 0 Å². The van der Waals surface area contributed by atoms with Gasteiger partial charge in [0.1, 0.15) is 22.9 Å². The summed E-state index contributed by atoms with van der Waals surface area (Å²) in [6.45, 7) is 0. The van der Waals surface area contributed by atoms with E-state index in [4.69, 9.17) is 10.2 Å². The normalized spacial score (nSPS) is 17.3. The van der Waals surface area contributed by atoms with Crippen molar-refractivity contribution in [3.63, 3.8) is 0 Å². The van der Waals surface area contributed by atoms with Crippen LogP contribution < -0.4 is 5.73 Å². The number of benzene rings is 1. The Balaban J connectivity index is 1.75. The Morgan fingerprint density at radius 3 is 2.95 bits per heavy atom. The van der Waals surface area contributed by atoms with Crippen LogP contribution in [-0.4, -0.2) is 15.0 Å². The first kappa shape index (κ1) is 11.6. The van der Waals surface area contributed by atoms with Gasteiger partial charge >= 0.3 is 0 Å². The number of hydrogen-bond acceptors (Lipinski definition) is 4. The maximum absolute atomic E-state index is 13.1. The molecule has 0 saturated heterocycles. The Hall–Kier alpha value is -2.21. The second-order valence-electron chi connectivity index (χ2n) is 5.29. The minimum absolute atomic E-state index is 0.335. The van der Waals surface area contributed by atoms with Crippen molar-refractivity contribution in [2.45, 2.75) is 24.8 Å². The SMILES string of the molecule is NC1(c2ncc(-c3nc4cc(F)ccc4o3)[nH]2)CCC1. The molecule has 4 rings (SSSR count). The van der Waals surface area contributed by atoms with Crippen molar-refractivity contribution in [3.8, 4) is 11.6 Å². The van der Waals surface area contributed by atoms with Crippen LogP contribution in [0.25, 0.3) is 22.7 Å². The zero-order chi connectivity index (χ0) is 13.7. The van der Waals surface area contributed by atoms with Crippen LogP contribution in [0, 0.1) is 5.82 Å². The summed E-state index contributed by atoms with van der Waals surface area (Å²) in [4.78, 5) is 11.7. The lowest BCUT2D eigenvalue weighted by Gasteiger charge is -2.35. The van der Waals surface area contributed by atoms with Crippen molar-refractivity contribution in [2.75, 3.05) is 0 Å². The maximum atomic E-state index is 13.1. The Kier molecular flexibility index (Phi) is 2.26. The van der Waals surface area contributed by atoms with Crippen molar-refractivity contribution in [1.82, 2.24) is 15.0 Å². The fourth-order valence-corrected chi connectivity index (χ4v) is 2.49. The Morgan fingerprint density at radius 2 is 2.20 bits per heavy atom. The van der Waals surface area contributed by atoms with Crippen molar-refractivity contribution in [1.29, 1.82) is 0 Å². The first-order valence-electron chi connectivity index (χ1n) is 6.55. The van der Waals surface area contributed by atoms with Gasteiger partial charge in [0.05, 0.1) is 11.7 Å². The molecule has 5 nitrogen and oxygen atoms in total. The molecule has 2 aromatic heterocycles. The standard InChI is InChI=1S/C14H13FN4O/c15-8-2-3-11-9(6-8)18-12(20-11)10-7-17-13(19-10)14(16)4-1-5-14/h2-3,6-7H,1,4-5,16H2,(H,17,19). The highest BCUT2D eigenvalue weighted by molar-refractivity contribution is 5.75. The maximum Gasteiger partial charge on any atom is 0.245 e. The largest absolute Gasteiger partial charge is 0.435 e. The number of aromatic amines is 1. The van der Waals surface area contributed by atoms with Crippen LogP contribution in [0.2, 0.25) is 0 Å². The minimum atomic E-state index is -0.351. The fourth-order valence-electron chi connectivity index (χ4n) is 2.49. The number of aromatic nitrogens is 3. The first-order chi connectivity index (χ1) is 9.64. The lowest BCUT2D eigenvalue weighted by atomic mass is 9.77. The summed E-state index contributed by atoms with van der Waals surface area (Å²) in [6.07, 6.45) is 4.63. The van der Waals surface area contributed by atoms with Crippen molar-refractivity contribution in [2.24, 2.45) is 5.73 Å². The van der Waals surface area contributed by atoms with Gasteiger partial charge in [-0.2, -0.15) is 0 Å². The third-order valence-electron chi connectivity index (χ3n) is 3.87. The van der Waals surface area contributed by atoms with Gasteiger partial charge in [0, 0.05) is 6.07 Å². The van der Waals surface area contributed by atoms with Crippen LogP contribution in [0.4, 0.5) is 4.39 Å². The van der Waals surface area contributed by atoms with Gasteiger partial charge in [0.15, 0.2) is 5.58 Å². The van der Waals surface area contributed by atoms with E-state index in [9.17, 15) is 4.39 Å². The molecule has 0 unspecified atom stereocenters. The molecule has 0 aliphatic heterocycles. The van der Waals surface area contributed by atoms with Crippen molar-refractivity contribution in [3.05, 3.63) is 36.0 Å². The van der Waals surface area contributed by atoms with E-state index in [1.165, 1.54) is 12.1 Å². The van der Waals surface area contributed by atoms with Gasteiger partial charge in [-0.3, -0.25) is 0 Å². The average Bonchev–Trinajstić information content (AvgIpc) is 3.01. The lowest BCUT2D eigenvalue weighted by molar-refractivity contribution is 0.240. The monoisotopic (exact) mass is 272 g/mol. The van der Waals surface area contributed by atoms with Crippen LogP contribution in [0.5, 0.6) is 0 Å². The van der Waals surface area contributed by atoms with Crippen LogP contribution in [0.15, 0.2) is 28.8 Å². The molecule has 2 heterocycles. The van der Waals surface area contributed by atoms with Crippen LogP contribution in [-0.2, 0) is 5.54 Å². The van der Waals surface area contributed by atoms with Crippen molar-refractivity contribution < 1.29 is 8.81 Å². The molecule has 1 aliphatic rings. The predicted octanol–water partition coefficient (Wildman–Crippen LogP) is 2.69. The van der Waals surface area contributed by atoms with E-state index in [-0.39, 0.29) is 11.4 Å². The molecule has 102 valence electrons. The molecular weight excluding hydrogens is 259 g/mol. The number of H-pyrrole nitrogens is 1. The highest BCUT2D eigenvalue weighted by Crippen LogP contribution is 2.37. The van der Waals surface area contributed by atoms with Gasteiger partial charge in [-0.05, 0) is 31.4 Å². The Bertz CT molecular complexity index is 787. The fraction of sp³-hybridized carbons (Fsp3) is 0.286. The molecule has 0 bridgehead atoms. The molecule has 1 aliphatic carbocycles. The van der Waals surface area contributed by atoms with E-state index >= 15 is 0 Å². The van der Waals surface area contributed by atoms with E-state index < -0.39 is 0 Å². The van der Waals surface area contributed by atoms with Gasteiger partial charge < -0.3 is 15.1 Å². The van der Waals surface area contributed by atoms with Crippen LogP contribution >= 0.6 is 0 Å². The molecule has 6 heteroatoms. The van der Waals surface area contributed by atoms with Gasteiger partial charge in [-0.15, -0.1) is 0 Å². The summed E-state index contributed by atoms with van der Waals surface area (Å²) in [5, 5.41) is 0. The third kappa shape index (κ3) is 1.65. The average molecular weight is 272 g/mol. The molecule has 3 N–H and O–H groups in total. The summed E-state index contributed by atoms with van der Waals surface area (Å²) in [7, 11) is 0. The highest BCUT2D eigenvalue weighted by atomic mass is 19.1. The second-order valence-corrected chi connectivity index (χ2v) is 5.29. The minimum Gasteiger partial charge on any atom is -0.435 e. The number of nitrogens with two attached hydrogens (primary N) is 1. The highest BCUT2D eigenvalue weighted by Gasteiger charge is 2.37. The number of imidazole rings is 1. The quantitative estimate of drug-likeness (QED) is 0.751. The molecule has 20 heavy (non-hydrogen) atoms. The number of nitrogens with zero attached hydrogens (tertiary/aromatic N) is 2. The van der Waals surface area contributed by atoms with Gasteiger partial charge in [-0.25, -0.2) is 14.4 Å². The number of fused-ring (bicyclic) bond motifs is 1. The summed E-state index contributed by atoms with van der Waals surface area (Å²) < 4.78 is 18.7. The Morgan fingerprint density at radius 1 is 1.35 bits per heavy atom. The molecule has 0 amide bonds. The van der Waals surface area contributed by atoms with Gasteiger partial charge in [-0.1, -0.05) is 0 Å². The molecule has 1 saturated carbocycles. The zero-order valence-corrected chi connectivity index (χ0v) is 10.7. The number of rotatable bonds is 2. The summed E-state index contributed by atoms with van der Waals surface area (Å²) in [5.74, 6) is 0.817. The van der Waals surface area contributed by atoms with E-state index in [0.717, 1.165) is 25.1 Å². The summed E-state index contributed by atoms with van der Waals surface area (Å²) in [5.41, 5.74) is 7.56. The number of halogens is 1. The number of nitrogens with one attached hydrogen (secondary N) is 1. The third-order valence-corrected chi connectivity index (χ3v) is 3.87. The van der Waals surface area contributed by atoms with Crippen LogP contribution in [0.3, 0.4) is 0 Å². The Labute approximate surface area is 114 Å². The van der Waals surface area contributed by atoms with Crippen molar-refractivity contribution >= 4 is 11.1 Å². The second kappa shape index (κ2) is 3.89. The summed E-state index contributed by atoms with van der Waals surface area (Å²) >= 11 is 0. The molecule has 0 radical (unpaired) electrons. The zero-order valence-electron chi connectivity index (χ0n) is 10.7. The van der Waals surface area contributed by atoms with E-state index in [2.05, 4.69) is 15.0 Å². The number of hydrogen-bond donors (Lipinski definition) is 2. The van der Waals surface area contributed by atoms with E-state index in [1.807, 2.05) is 0 Å². The molecule has 0 spiro atoms. The molecule has 1 fully saturated rings. The van der Waals surface area contributed by atoms with Crippen LogP contribution in [0.1, 0.15) is 25.1 Å². The van der Waals surface area contributed by atoms with Gasteiger partial charge in [0.2, 0.25) is 5.89 Å². The van der Waals surface area contributed by atoms with E-state index in [1.54, 1.807) is 12.3 Å². The molecule has 1 aromatic carbocycles. The predicted molar refractivity (Wildman–Crippen MR) is 71.3 cm³/mol.